The summed E-state index contributed by atoms with van der Waals surface area (Å²) in [4.78, 5) is 32.8. The van der Waals surface area contributed by atoms with Crippen LogP contribution in [0.15, 0.2) is 42.7 Å². The fraction of sp³-hybridized carbons (Fsp3) is 0.250. The first kappa shape index (κ1) is 19.5. The van der Waals surface area contributed by atoms with Crippen molar-refractivity contribution in [1.29, 1.82) is 0 Å². The van der Waals surface area contributed by atoms with Crippen molar-refractivity contribution in [2.45, 2.75) is 32.2 Å². The van der Waals surface area contributed by atoms with Crippen LogP contribution in [0.5, 0.6) is 0 Å². The van der Waals surface area contributed by atoms with Crippen LogP contribution < -0.4 is 5.32 Å². The summed E-state index contributed by atoms with van der Waals surface area (Å²) in [5.74, 6) is 1.22. The van der Waals surface area contributed by atoms with Crippen LogP contribution in [0.1, 0.15) is 40.0 Å². The van der Waals surface area contributed by atoms with E-state index >= 15 is 0 Å². The van der Waals surface area contributed by atoms with Gasteiger partial charge in [-0.15, -0.1) is 11.3 Å². The normalized spacial score (nSPS) is 11.1. The predicted molar refractivity (Wildman–Crippen MR) is 113 cm³/mol. The molecule has 0 saturated carbocycles. The Kier molecular flexibility index (Phi) is 6.12. The Morgan fingerprint density at radius 3 is 2.69 bits per heavy atom. The minimum atomic E-state index is -0.313. The lowest BCUT2D eigenvalue weighted by molar-refractivity contribution is 0.0945. The molecule has 148 valence electrons. The van der Waals surface area contributed by atoms with Gasteiger partial charge in [-0.05, 0) is 37.5 Å². The average Bonchev–Trinajstić information content (AvgIpc) is 3.33. The Morgan fingerprint density at radius 1 is 1.07 bits per heavy atom. The highest BCUT2D eigenvalue weighted by atomic mass is 35.5. The van der Waals surface area contributed by atoms with Gasteiger partial charge < -0.3 is 10.3 Å². The first-order valence-electron chi connectivity index (χ1n) is 9.32. The highest BCUT2D eigenvalue weighted by Crippen LogP contribution is 2.25. The van der Waals surface area contributed by atoms with Crippen molar-refractivity contribution in [1.82, 2.24) is 30.2 Å². The molecule has 0 aliphatic rings. The molecule has 7 nitrogen and oxygen atoms in total. The maximum Gasteiger partial charge on any atom is 0.272 e. The summed E-state index contributed by atoms with van der Waals surface area (Å²) >= 11 is 7.58. The molecule has 1 aromatic carbocycles. The number of H-pyrrole nitrogens is 1. The van der Waals surface area contributed by atoms with Crippen molar-refractivity contribution in [3.05, 3.63) is 69.4 Å². The number of para-hydroxylation sites is 2. The van der Waals surface area contributed by atoms with E-state index in [0.717, 1.165) is 47.5 Å². The molecule has 3 heterocycles. The summed E-state index contributed by atoms with van der Waals surface area (Å²) < 4.78 is 0.406. The van der Waals surface area contributed by atoms with Gasteiger partial charge in [0.05, 0.1) is 22.6 Å². The van der Waals surface area contributed by atoms with Gasteiger partial charge in [0.1, 0.15) is 16.0 Å². The van der Waals surface area contributed by atoms with E-state index in [1.165, 1.54) is 11.3 Å². The van der Waals surface area contributed by atoms with Crippen LogP contribution >= 0.6 is 22.9 Å². The van der Waals surface area contributed by atoms with E-state index in [9.17, 15) is 4.79 Å². The van der Waals surface area contributed by atoms with Crippen molar-refractivity contribution in [3.8, 4) is 0 Å². The summed E-state index contributed by atoms with van der Waals surface area (Å²) in [6, 6.07) is 9.74. The van der Waals surface area contributed by atoms with E-state index in [1.54, 1.807) is 18.5 Å². The topological polar surface area (TPSA) is 96.5 Å². The number of nitrogens with zero attached hydrogens (tertiary/aromatic N) is 4. The molecule has 2 N–H and O–H groups in total. The van der Waals surface area contributed by atoms with Gasteiger partial charge in [-0.3, -0.25) is 4.79 Å². The number of thiazole rings is 1. The number of hydrogen-bond donors (Lipinski definition) is 2. The molecule has 0 bridgehead atoms. The molecule has 0 saturated heterocycles. The Labute approximate surface area is 176 Å². The first-order chi connectivity index (χ1) is 14.2. The van der Waals surface area contributed by atoms with Gasteiger partial charge in [0.2, 0.25) is 0 Å². The van der Waals surface area contributed by atoms with E-state index in [2.05, 4.69) is 30.2 Å². The summed E-state index contributed by atoms with van der Waals surface area (Å²) in [5.41, 5.74) is 2.32. The van der Waals surface area contributed by atoms with E-state index in [-0.39, 0.29) is 18.1 Å². The lowest BCUT2D eigenvalue weighted by Gasteiger charge is -2.01. The monoisotopic (exact) mass is 426 g/mol. The van der Waals surface area contributed by atoms with Crippen molar-refractivity contribution >= 4 is 39.9 Å². The molecule has 1 amide bonds. The number of carbonyl (C=O) groups excluding carboxylic acids is 1. The number of fused-ring (bicyclic) bond motifs is 1. The standard InChI is InChI=1S/C20H19ClN6OS/c21-19-18(20(28)24-12-16-22-10-5-11-23-16)27-17(29-19)9-4-3-8-15-25-13-6-1-2-7-14(13)26-15/h1-2,5-7,10-11H,3-4,8-9,12H2,(H,24,28)(H,25,26). The van der Waals surface area contributed by atoms with Crippen molar-refractivity contribution in [2.24, 2.45) is 0 Å². The lowest BCUT2D eigenvalue weighted by atomic mass is 10.2. The number of benzene rings is 1. The molecule has 0 radical (unpaired) electrons. The third-order valence-corrected chi connectivity index (χ3v) is 5.68. The van der Waals surface area contributed by atoms with E-state index < -0.39 is 0 Å². The molecule has 0 fully saturated rings. The van der Waals surface area contributed by atoms with Gasteiger partial charge >= 0.3 is 0 Å². The van der Waals surface area contributed by atoms with Gasteiger partial charge in [-0.2, -0.15) is 0 Å². The molecule has 29 heavy (non-hydrogen) atoms. The minimum absolute atomic E-state index is 0.236. The summed E-state index contributed by atoms with van der Waals surface area (Å²) in [5, 5.41) is 3.62. The van der Waals surface area contributed by atoms with Crippen LogP contribution in [0.4, 0.5) is 0 Å². The Bertz CT molecular complexity index is 1080. The van der Waals surface area contributed by atoms with Crippen LogP contribution in [0.2, 0.25) is 4.34 Å². The number of amides is 1. The highest BCUT2D eigenvalue weighted by molar-refractivity contribution is 7.16. The number of halogens is 1. The number of imidazole rings is 1. The third-order valence-electron chi connectivity index (χ3n) is 4.36. The third kappa shape index (κ3) is 4.96. The molecule has 0 aliphatic heterocycles. The molecule has 3 aromatic heterocycles. The smallest absolute Gasteiger partial charge is 0.272 e. The van der Waals surface area contributed by atoms with Crippen molar-refractivity contribution in [2.75, 3.05) is 0 Å². The number of rotatable bonds is 8. The Morgan fingerprint density at radius 2 is 1.86 bits per heavy atom. The SMILES string of the molecule is O=C(NCc1ncccn1)c1nc(CCCCc2nc3ccccc3[nH]2)sc1Cl. The fourth-order valence-electron chi connectivity index (χ4n) is 2.95. The zero-order valence-corrected chi connectivity index (χ0v) is 17.1. The molecule has 0 aliphatic carbocycles. The molecule has 4 rings (SSSR count). The number of hydrogen-bond acceptors (Lipinski definition) is 6. The quantitative estimate of drug-likeness (QED) is 0.416. The van der Waals surface area contributed by atoms with Crippen LogP contribution in [0.25, 0.3) is 11.0 Å². The maximum atomic E-state index is 12.3. The van der Waals surface area contributed by atoms with Gasteiger partial charge in [0, 0.05) is 18.8 Å². The zero-order chi connectivity index (χ0) is 20.1. The average molecular weight is 427 g/mol. The highest BCUT2D eigenvalue weighted by Gasteiger charge is 2.17. The zero-order valence-electron chi connectivity index (χ0n) is 15.6. The maximum absolute atomic E-state index is 12.3. The van der Waals surface area contributed by atoms with E-state index in [0.29, 0.717) is 10.2 Å². The molecular weight excluding hydrogens is 408 g/mol. The number of aryl methyl sites for hydroxylation is 2. The minimum Gasteiger partial charge on any atom is -0.343 e. The summed E-state index contributed by atoms with van der Waals surface area (Å²) in [6.45, 7) is 0.236. The first-order valence-corrected chi connectivity index (χ1v) is 10.5. The number of aromatic amines is 1. The number of nitrogens with one attached hydrogen (secondary N) is 2. The van der Waals surface area contributed by atoms with Crippen molar-refractivity contribution < 1.29 is 4.79 Å². The van der Waals surface area contributed by atoms with Gasteiger partial charge in [0.25, 0.3) is 5.91 Å². The predicted octanol–water partition coefficient (Wildman–Crippen LogP) is 3.96. The number of unbranched alkanes of at least 4 members (excludes halogenated alkanes) is 1. The van der Waals surface area contributed by atoms with Gasteiger partial charge in [-0.1, -0.05) is 23.7 Å². The van der Waals surface area contributed by atoms with Gasteiger partial charge in [-0.25, -0.2) is 19.9 Å². The Balaban J connectivity index is 1.27. The summed E-state index contributed by atoms with van der Waals surface area (Å²) in [6.07, 6.45) is 6.84. The number of aromatic nitrogens is 5. The molecular formula is C20H19ClN6OS. The summed E-state index contributed by atoms with van der Waals surface area (Å²) in [7, 11) is 0. The second-order valence-electron chi connectivity index (χ2n) is 6.49. The van der Waals surface area contributed by atoms with Crippen LogP contribution in [-0.2, 0) is 19.4 Å². The molecule has 0 unspecified atom stereocenters. The van der Waals surface area contributed by atoms with E-state index in [4.69, 9.17) is 11.6 Å². The van der Waals surface area contributed by atoms with Crippen LogP contribution in [0.3, 0.4) is 0 Å². The molecule has 9 heteroatoms. The molecule has 4 aromatic rings. The van der Waals surface area contributed by atoms with Crippen LogP contribution in [0, 0.1) is 0 Å². The Hall–Kier alpha value is -2.84. The van der Waals surface area contributed by atoms with E-state index in [1.807, 2.05) is 24.3 Å². The second kappa shape index (κ2) is 9.11. The molecule has 0 atom stereocenters. The lowest BCUT2D eigenvalue weighted by Crippen LogP contribution is -2.24. The fourth-order valence-corrected chi connectivity index (χ4v) is 4.17. The van der Waals surface area contributed by atoms with Gasteiger partial charge in [0.15, 0.2) is 5.69 Å². The van der Waals surface area contributed by atoms with Crippen LogP contribution in [-0.4, -0.2) is 30.8 Å². The molecule has 0 spiro atoms. The second-order valence-corrected chi connectivity index (χ2v) is 8.17. The number of carbonyl (C=O) groups is 1. The van der Waals surface area contributed by atoms with Crippen molar-refractivity contribution in [3.63, 3.8) is 0 Å². The largest absolute Gasteiger partial charge is 0.343 e.